The van der Waals surface area contributed by atoms with Gasteiger partial charge in [-0.05, 0) is 102 Å². The SMILES string of the molecule is C/C=C/C[C@@H](C)[C@@H](O)[C@@H]1C(=O)N[C@H](CC)C(=O)N(C)[C@H](CSCCC(=O)OC)C(=O)N(C)[C@@H](CC(C)C)C(=O)N[C@H](C(C)C)C(=O)N(C)[C@@H]2CC(C)N(C2=O)[C@H](C)C(=O)N[C@@H](C)C(=O)N(C)[C@H](CC(C)C)C(=O)N(C)[C@H](CC(C)C)C(=O)N(C)[C@H](C(C)C)C(=O)N1C. The second-order valence-electron chi connectivity index (χ2n) is 27.4. The van der Waals surface area contributed by atoms with E-state index < -0.39 is 167 Å². The third-order valence-corrected chi connectivity index (χ3v) is 19.0. The topological polar surface area (TPSA) is 296 Å². The summed E-state index contributed by atoms with van der Waals surface area (Å²) in [5.74, 6) is -10.3. The highest BCUT2D eigenvalue weighted by molar-refractivity contribution is 7.99. The molecule has 2 aliphatic heterocycles. The first kappa shape index (κ1) is 81.8. The second kappa shape index (κ2) is 37.0. The van der Waals surface area contributed by atoms with E-state index in [1.165, 1.54) is 111 Å². The number of esters is 1. The van der Waals surface area contributed by atoms with Crippen LogP contribution >= 0.6 is 11.8 Å². The summed E-state index contributed by atoms with van der Waals surface area (Å²) in [6.07, 6.45) is 2.72. The van der Waals surface area contributed by atoms with E-state index in [1.54, 1.807) is 67.5 Å². The molecule has 0 aromatic heterocycles. The number of nitrogens with one attached hydrogen (secondary N) is 3. The van der Waals surface area contributed by atoms with Gasteiger partial charge < -0.3 is 65.0 Å². The zero-order valence-corrected chi connectivity index (χ0v) is 60.5. The molecule has 4 N–H and O–H groups in total. The molecule has 0 radical (unpaired) electrons. The van der Waals surface area contributed by atoms with E-state index >= 15 is 28.8 Å². The molecule has 2 rings (SSSR count). The fourth-order valence-electron chi connectivity index (χ4n) is 12.1. The molecule has 11 amide bonds. The van der Waals surface area contributed by atoms with E-state index in [2.05, 4.69) is 16.0 Å². The molecule has 524 valence electrons. The Balaban J connectivity index is 3.09. The van der Waals surface area contributed by atoms with Crippen molar-refractivity contribution >= 4 is 82.7 Å². The third kappa shape index (κ3) is 21.1. The molecule has 14 atom stereocenters. The third-order valence-electron chi connectivity index (χ3n) is 18.0. The van der Waals surface area contributed by atoms with E-state index in [4.69, 9.17) is 4.74 Å². The van der Waals surface area contributed by atoms with Gasteiger partial charge in [0.25, 0.3) is 0 Å². The molecule has 2 aliphatic rings. The molecule has 2 saturated heterocycles. The number of likely N-dealkylation sites (N-methyl/N-ethyl adjacent to an activating group) is 7. The molecule has 0 aromatic carbocycles. The summed E-state index contributed by atoms with van der Waals surface area (Å²) >= 11 is 1.17. The van der Waals surface area contributed by atoms with Gasteiger partial charge in [0, 0.05) is 66.9 Å². The summed E-state index contributed by atoms with van der Waals surface area (Å²) in [6.45, 7) is 27.9. The Morgan fingerprint density at radius 1 is 0.565 bits per heavy atom. The number of hydrogen-bond donors (Lipinski definition) is 4. The van der Waals surface area contributed by atoms with Crippen molar-refractivity contribution in [1.82, 2.24) is 55.1 Å². The van der Waals surface area contributed by atoms with Crippen LogP contribution in [0.5, 0.6) is 0 Å². The van der Waals surface area contributed by atoms with Gasteiger partial charge in [-0.2, -0.15) is 11.8 Å². The molecule has 92 heavy (non-hydrogen) atoms. The zero-order chi connectivity index (χ0) is 70.8. The predicted molar refractivity (Wildman–Crippen MR) is 355 cm³/mol. The van der Waals surface area contributed by atoms with Crippen molar-refractivity contribution in [2.24, 2.45) is 35.5 Å². The number of amides is 11. The standard InChI is InChI=1S/C66H115N11O14S/c1-25-27-28-41(13)55(79)54-58(82)68-45(26-2)60(84)74(21)50(35-92-30-29-51(78)91-24)63(87)70(17)46(31-36(3)4)57(81)69-52(39(9)10)65(89)73(20)49-34-42(14)77(64(49)88)44(16)56(80)67-43(15)59(83)71(18)47(32-37(5)6)61(85)72(19)48(33-38(7)8)62(86)75(22)53(40(11)12)66(90)76(54)23/h25,27,36-50,52-55,79H,26,28-35H2,1-24H3,(H,67,80)(H,68,82)(H,69,81)/b27-25+/t41-,42?,43+,44-,45-,46+,47-,48-,49-,50-,52-,53-,54-,55-/m1/s1. The molecule has 1 unspecified atom stereocenters. The predicted octanol–water partition coefficient (Wildman–Crippen LogP) is 3.39. The van der Waals surface area contributed by atoms with E-state index in [0.29, 0.717) is 0 Å². The van der Waals surface area contributed by atoms with Crippen LogP contribution in [0.15, 0.2) is 12.2 Å². The first-order valence-electron chi connectivity index (χ1n) is 32.7. The number of methoxy groups -OCH3 is 1. The number of aliphatic hydroxyl groups is 1. The number of rotatable bonds is 18. The first-order valence-corrected chi connectivity index (χ1v) is 33.9. The Labute approximate surface area is 552 Å². The Morgan fingerprint density at radius 3 is 1.53 bits per heavy atom. The molecule has 0 spiro atoms. The van der Waals surface area contributed by atoms with Gasteiger partial charge in [-0.25, -0.2) is 0 Å². The number of allylic oxidation sites excluding steroid dienone is 2. The highest BCUT2D eigenvalue weighted by Crippen LogP contribution is 2.29. The van der Waals surface area contributed by atoms with Crippen molar-refractivity contribution in [3.63, 3.8) is 0 Å². The Hall–Kier alpha value is -6.31. The zero-order valence-electron chi connectivity index (χ0n) is 59.7. The van der Waals surface area contributed by atoms with Gasteiger partial charge in [-0.3, -0.25) is 57.5 Å². The van der Waals surface area contributed by atoms with Gasteiger partial charge in [-0.1, -0.05) is 95.2 Å². The first-order chi connectivity index (χ1) is 42.7. The monoisotopic (exact) mass is 1320 g/mol. The van der Waals surface area contributed by atoms with Crippen LogP contribution in [-0.4, -0.2) is 262 Å². The van der Waals surface area contributed by atoms with E-state index in [-0.39, 0.29) is 74.2 Å². The number of fused-ring (bicyclic) bond motifs is 2. The maximum absolute atomic E-state index is 15.3. The van der Waals surface area contributed by atoms with Gasteiger partial charge in [0.05, 0.1) is 19.6 Å². The van der Waals surface area contributed by atoms with Gasteiger partial charge in [0.2, 0.25) is 65.0 Å². The van der Waals surface area contributed by atoms with Crippen LogP contribution in [0.1, 0.15) is 156 Å². The van der Waals surface area contributed by atoms with Crippen molar-refractivity contribution in [2.45, 2.75) is 234 Å². The fourth-order valence-corrected chi connectivity index (χ4v) is 13.2. The summed E-state index contributed by atoms with van der Waals surface area (Å²) in [7, 11) is 11.2. The molecular weight excluding hydrogens is 1200 g/mol. The van der Waals surface area contributed by atoms with Crippen LogP contribution in [-0.2, 0) is 62.3 Å². The molecule has 26 heteroatoms. The Kier molecular flexibility index (Phi) is 32.9. The summed E-state index contributed by atoms with van der Waals surface area (Å²) in [6, 6.07) is -14.4. The molecular formula is C66H115N11O14S. The number of thioether (sulfide) groups is 1. The summed E-state index contributed by atoms with van der Waals surface area (Å²) < 4.78 is 4.85. The number of ether oxygens (including phenoxy) is 1. The normalized spacial score (nSPS) is 27.8. The second-order valence-corrected chi connectivity index (χ2v) is 28.5. The number of hydrogen-bond acceptors (Lipinski definition) is 15. The maximum Gasteiger partial charge on any atom is 0.306 e. The Morgan fingerprint density at radius 2 is 1.04 bits per heavy atom. The van der Waals surface area contributed by atoms with E-state index in [0.717, 1.165) is 9.80 Å². The molecule has 0 saturated carbocycles. The maximum atomic E-state index is 15.3. The number of aliphatic hydroxyl groups excluding tert-OH is 1. The van der Waals surface area contributed by atoms with Gasteiger partial charge in [-0.15, -0.1) is 0 Å². The summed E-state index contributed by atoms with van der Waals surface area (Å²) in [5, 5.41) is 20.7. The van der Waals surface area contributed by atoms with Crippen LogP contribution in [0.25, 0.3) is 0 Å². The summed E-state index contributed by atoms with van der Waals surface area (Å²) in [4.78, 5) is 186. The van der Waals surface area contributed by atoms with Crippen LogP contribution < -0.4 is 16.0 Å². The van der Waals surface area contributed by atoms with Crippen LogP contribution in [0.3, 0.4) is 0 Å². The fraction of sp³-hybridized carbons (Fsp3) is 0.788. The van der Waals surface area contributed by atoms with Crippen LogP contribution in [0.2, 0.25) is 0 Å². The lowest BCUT2D eigenvalue weighted by Gasteiger charge is -2.41. The number of carbonyl (C=O) groups excluding carboxylic acids is 12. The molecule has 2 bridgehead atoms. The molecule has 25 nitrogen and oxygen atoms in total. The molecule has 0 aromatic rings. The average molecular weight is 1320 g/mol. The lowest BCUT2D eigenvalue weighted by Crippen LogP contribution is -2.64. The van der Waals surface area contributed by atoms with Crippen molar-refractivity contribution in [3.05, 3.63) is 12.2 Å². The molecule has 2 fully saturated rings. The largest absolute Gasteiger partial charge is 0.469 e. The van der Waals surface area contributed by atoms with Crippen LogP contribution in [0.4, 0.5) is 0 Å². The van der Waals surface area contributed by atoms with E-state index in [9.17, 15) is 33.9 Å². The van der Waals surface area contributed by atoms with Gasteiger partial charge in [0.1, 0.15) is 66.5 Å². The highest BCUT2D eigenvalue weighted by Gasteiger charge is 2.49. The minimum Gasteiger partial charge on any atom is -0.469 e. The lowest BCUT2D eigenvalue weighted by atomic mass is 9.91. The van der Waals surface area contributed by atoms with Crippen molar-refractivity contribution in [3.8, 4) is 0 Å². The van der Waals surface area contributed by atoms with Gasteiger partial charge in [0.15, 0.2) is 0 Å². The Bertz CT molecular complexity index is 2600. The smallest absolute Gasteiger partial charge is 0.306 e. The molecule has 2 heterocycles. The number of nitrogens with zero attached hydrogens (tertiary/aromatic N) is 8. The van der Waals surface area contributed by atoms with E-state index in [1.807, 2.05) is 41.5 Å². The average Bonchev–Trinajstić information content (AvgIpc) is 1.45. The van der Waals surface area contributed by atoms with Gasteiger partial charge >= 0.3 is 5.97 Å². The minimum atomic E-state index is -1.67. The quantitative estimate of drug-likeness (QED) is 0.0869. The van der Waals surface area contributed by atoms with Crippen molar-refractivity contribution in [2.75, 3.05) is 67.9 Å². The van der Waals surface area contributed by atoms with Crippen molar-refractivity contribution < 1.29 is 67.4 Å². The highest BCUT2D eigenvalue weighted by atomic mass is 32.2. The minimum absolute atomic E-state index is 0.0319. The number of carbonyl (C=O) groups is 12. The lowest BCUT2D eigenvalue weighted by molar-refractivity contribution is -0.157. The van der Waals surface area contributed by atoms with Crippen LogP contribution in [0, 0.1) is 35.5 Å². The van der Waals surface area contributed by atoms with Crippen molar-refractivity contribution in [1.29, 1.82) is 0 Å². The summed E-state index contributed by atoms with van der Waals surface area (Å²) in [5.41, 5.74) is 0. The molecule has 0 aliphatic carbocycles.